The number of aromatic nitrogens is 6. The van der Waals surface area contributed by atoms with Gasteiger partial charge < -0.3 is 4.57 Å². The molecule has 6 heteroatoms. The van der Waals surface area contributed by atoms with E-state index in [2.05, 4.69) is 114 Å². The molecule has 11 rings (SSSR count). The van der Waals surface area contributed by atoms with Crippen molar-refractivity contribution in [2.45, 2.75) is 0 Å². The summed E-state index contributed by atoms with van der Waals surface area (Å²) in [4.78, 5) is 26.0. The summed E-state index contributed by atoms with van der Waals surface area (Å²) in [5, 5.41) is 3.32. The van der Waals surface area contributed by atoms with Crippen molar-refractivity contribution in [2.75, 3.05) is 0 Å². The Balaban J connectivity index is 1.20. The van der Waals surface area contributed by atoms with Gasteiger partial charge in [0.25, 0.3) is 0 Å². The third kappa shape index (κ3) is 6.20. The van der Waals surface area contributed by atoms with E-state index in [9.17, 15) is 0 Å². The third-order valence-corrected chi connectivity index (χ3v) is 10.9. The summed E-state index contributed by atoms with van der Waals surface area (Å²) in [7, 11) is 0. The maximum atomic E-state index is 5.27. The van der Waals surface area contributed by atoms with Gasteiger partial charge in [-0.25, -0.2) is 24.9 Å². The lowest BCUT2D eigenvalue weighted by molar-refractivity contribution is 1.06. The lowest BCUT2D eigenvalue weighted by atomic mass is 10.0. The van der Waals surface area contributed by atoms with Crippen LogP contribution < -0.4 is 0 Å². The summed E-state index contributed by atoms with van der Waals surface area (Å²) in [5.74, 6) is 2.35. The monoisotopic (exact) mass is 754 g/mol. The first kappa shape index (κ1) is 34.2. The lowest BCUT2D eigenvalue weighted by Gasteiger charge is -2.16. The van der Waals surface area contributed by atoms with Crippen molar-refractivity contribution in [3.05, 3.63) is 206 Å². The van der Waals surface area contributed by atoms with Gasteiger partial charge in [0.2, 0.25) is 0 Å². The van der Waals surface area contributed by atoms with Crippen LogP contribution in [0.4, 0.5) is 0 Å². The van der Waals surface area contributed by atoms with Crippen LogP contribution in [0, 0.1) is 0 Å². The van der Waals surface area contributed by atoms with Gasteiger partial charge in [0.1, 0.15) is 0 Å². The van der Waals surface area contributed by atoms with E-state index in [0.717, 1.165) is 77.5 Å². The topological polar surface area (TPSA) is 69.4 Å². The molecule has 0 amide bonds. The third-order valence-electron chi connectivity index (χ3n) is 10.9. The quantitative estimate of drug-likeness (QED) is 0.162. The van der Waals surface area contributed by atoms with E-state index in [1.54, 1.807) is 0 Å². The van der Waals surface area contributed by atoms with E-state index in [4.69, 9.17) is 24.9 Å². The minimum atomic E-state index is 0.547. The molecule has 0 aliphatic rings. The molecule has 8 aromatic carbocycles. The molecule has 0 aliphatic heterocycles. The van der Waals surface area contributed by atoms with Gasteiger partial charge in [0.15, 0.2) is 23.3 Å². The van der Waals surface area contributed by atoms with Crippen molar-refractivity contribution in [2.24, 2.45) is 0 Å². The van der Waals surface area contributed by atoms with Gasteiger partial charge in [0, 0.05) is 44.0 Å². The van der Waals surface area contributed by atoms with Gasteiger partial charge in [-0.2, -0.15) is 0 Å². The van der Waals surface area contributed by atoms with E-state index >= 15 is 0 Å². The highest BCUT2D eigenvalue weighted by Crippen LogP contribution is 2.40. The molecule has 3 aromatic heterocycles. The van der Waals surface area contributed by atoms with Crippen LogP contribution in [0.25, 0.3) is 106 Å². The molecule has 0 saturated carbocycles. The Hall–Kier alpha value is -8.09. The van der Waals surface area contributed by atoms with E-state index in [-0.39, 0.29) is 0 Å². The highest BCUT2D eigenvalue weighted by Gasteiger charge is 2.22. The zero-order valence-corrected chi connectivity index (χ0v) is 31.8. The van der Waals surface area contributed by atoms with Crippen LogP contribution in [0.5, 0.6) is 0 Å². The summed E-state index contributed by atoms with van der Waals surface area (Å²) < 4.78 is 2.34. The number of hydrogen-bond acceptors (Lipinski definition) is 5. The number of hydrogen-bond donors (Lipinski definition) is 0. The second-order valence-electron chi connectivity index (χ2n) is 14.5. The van der Waals surface area contributed by atoms with Gasteiger partial charge in [-0.1, -0.05) is 164 Å². The summed E-state index contributed by atoms with van der Waals surface area (Å²) in [6.45, 7) is 0. The van der Waals surface area contributed by atoms with E-state index in [1.165, 1.54) is 5.56 Å². The smallest absolute Gasteiger partial charge is 0.166 e. The minimum absolute atomic E-state index is 0.547. The Bertz CT molecular complexity index is 3250. The van der Waals surface area contributed by atoms with Crippen LogP contribution in [0.2, 0.25) is 0 Å². The Labute approximate surface area is 340 Å². The highest BCUT2D eigenvalue weighted by atomic mass is 15.1. The number of rotatable bonds is 7. The predicted molar refractivity (Wildman–Crippen MR) is 240 cm³/mol. The van der Waals surface area contributed by atoms with Crippen LogP contribution in [-0.4, -0.2) is 29.5 Å². The van der Waals surface area contributed by atoms with E-state index in [0.29, 0.717) is 23.3 Å². The van der Waals surface area contributed by atoms with Crippen molar-refractivity contribution in [1.82, 2.24) is 29.5 Å². The summed E-state index contributed by atoms with van der Waals surface area (Å²) in [5.41, 5.74) is 11.7. The molecule has 0 fully saturated rings. The molecule has 0 radical (unpaired) electrons. The van der Waals surface area contributed by atoms with Crippen molar-refractivity contribution >= 4 is 32.7 Å². The highest BCUT2D eigenvalue weighted by molar-refractivity contribution is 6.11. The summed E-state index contributed by atoms with van der Waals surface area (Å²) in [6, 6.07) is 71.0. The number of nitrogens with zero attached hydrogens (tertiary/aromatic N) is 6. The van der Waals surface area contributed by atoms with Crippen LogP contribution in [0.1, 0.15) is 0 Å². The normalized spacial score (nSPS) is 11.4. The summed E-state index contributed by atoms with van der Waals surface area (Å²) >= 11 is 0. The first-order chi connectivity index (χ1) is 29.2. The lowest BCUT2D eigenvalue weighted by Crippen LogP contribution is -2.04. The van der Waals surface area contributed by atoms with Gasteiger partial charge in [-0.05, 0) is 53.6 Å². The molecular weight excluding hydrogens is 721 g/mol. The molecular formula is C53H34N6. The number of fused-ring (bicyclic) bond motifs is 4. The van der Waals surface area contributed by atoms with Crippen LogP contribution >= 0.6 is 0 Å². The Morgan fingerprint density at radius 3 is 1.47 bits per heavy atom. The maximum absolute atomic E-state index is 5.27. The fourth-order valence-corrected chi connectivity index (χ4v) is 8.04. The van der Waals surface area contributed by atoms with E-state index < -0.39 is 0 Å². The van der Waals surface area contributed by atoms with Crippen molar-refractivity contribution in [1.29, 1.82) is 0 Å². The number of benzene rings is 8. The fraction of sp³-hybridized carbons (Fsp3) is 0. The van der Waals surface area contributed by atoms with Crippen LogP contribution in [0.15, 0.2) is 206 Å². The second kappa shape index (κ2) is 14.4. The molecule has 0 saturated heterocycles. The molecule has 3 heterocycles. The fourth-order valence-electron chi connectivity index (χ4n) is 8.04. The molecule has 6 nitrogen and oxygen atoms in total. The minimum Gasteiger partial charge on any atom is -0.309 e. The number of para-hydroxylation sites is 2. The molecule has 0 spiro atoms. The summed E-state index contributed by atoms with van der Waals surface area (Å²) in [6.07, 6.45) is 0. The molecule has 276 valence electrons. The van der Waals surface area contributed by atoms with Crippen LogP contribution in [-0.2, 0) is 0 Å². The van der Waals surface area contributed by atoms with Crippen molar-refractivity contribution in [3.8, 4) is 73.6 Å². The Morgan fingerprint density at radius 2 is 0.797 bits per heavy atom. The predicted octanol–water partition coefficient (Wildman–Crippen LogP) is 12.9. The maximum Gasteiger partial charge on any atom is 0.166 e. The van der Waals surface area contributed by atoms with Crippen molar-refractivity contribution < 1.29 is 0 Å². The first-order valence-electron chi connectivity index (χ1n) is 19.7. The van der Waals surface area contributed by atoms with Gasteiger partial charge in [-0.15, -0.1) is 0 Å². The average Bonchev–Trinajstić information content (AvgIpc) is 3.65. The van der Waals surface area contributed by atoms with Gasteiger partial charge >= 0.3 is 0 Å². The largest absolute Gasteiger partial charge is 0.309 e. The van der Waals surface area contributed by atoms with Crippen molar-refractivity contribution in [3.63, 3.8) is 0 Å². The average molecular weight is 755 g/mol. The molecule has 0 aliphatic carbocycles. The molecule has 0 N–H and O–H groups in total. The van der Waals surface area contributed by atoms with Crippen LogP contribution in [0.3, 0.4) is 0 Å². The van der Waals surface area contributed by atoms with Gasteiger partial charge in [-0.3, -0.25) is 0 Å². The molecule has 11 aromatic rings. The molecule has 0 unspecified atom stereocenters. The van der Waals surface area contributed by atoms with Gasteiger partial charge in [0.05, 0.1) is 27.9 Å². The Kier molecular flexibility index (Phi) is 8.37. The SMILES string of the molecule is c1ccc(-c2ccc3c(c2)c2ccccc2n3-c2ccc(-c3nc(-c4ccccc4)c4ccccc4n3)cc2-c2nc(-c3ccccc3)nc(-c3ccccc3)n2)cc1. The molecule has 0 atom stereocenters. The first-order valence-corrected chi connectivity index (χ1v) is 19.7. The molecule has 59 heavy (non-hydrogen) atoms. The Morgan fingerprint density at radius 1 is 0.288 bits per heavy atom. The van der Waals surface area contributed by atoms with E-state index in [1.807, 2.05) is 97.1 Å². The zero-order valence-electron chi connectivity index (χ0n) is 31.8. The second-order valence-corrected chi connectivity index (χ2v) is 14.5. The zero-order chi connectivity index (χ0) is 39.1. The molecule has 0 bridgehead atoms. The standard InChI is InChI=1S/C53H34N6/c1-5-17-35(18-6-1)39-29-31-47-43(33-39)41-25-14-16-28-46(41)59(47)48-32-30-40(52-54-45-27-15-13-26-42(45)49(55-52)36-19-7-2-8-20-36)34-44(48)53-57-50(37-21-9-3-10-22-37)56-51(58-53)38-23-11-4-12-24-38/h1-34H.